The molecule has 2 saturated heterocycles. The van der Waals surface area contributed by atoms with Gasteiger partial charge >= 0.3 is 0 Å². The summed E-state index contributed by atoms with van der Waals surface area (Å²) < 4.78 is 18.4. The number of hydrogen-bond donors (Lipinski definition) is 0. The van der Waals surface area contributed by atoms with Gasteiger partial charge in [0.15, 0.2) is 0 Å². The van der Waals surface area contributed by atoms with E-state index < -0.39 is 0 Å². The predicted molar refractivity (Wildman–Crippen MR) is 99.4 cm³/mol. The van der Waals surface area contributed by atoms with E-state index in [0.29, 0.717) is 45.8 Å². The van der Waals surface area contributed by atoms with Gasteiger partial charge < -0.3 is 14.5 Å². The Kier molecular flexibility index (Phi) is 6.79. The molecule has 0 radical (unpaired) electrons. The molecule has 7 heteroatoms. The highest BCUT2D eigenvalue weighted by atomic mass is 19.1. The van der Waals surface area contributed by atoms with Gasteiger partial charge in [-0.3, -0.25) is 14.5 Å². The first-order valence-electron chi connectivity index (χ1n) is 9.59. The van der Waals surface area contributed by atoms with Crippen molar-refractivity contribution in [1.82, 2.24) is 14.7 Å². The summed E-state index contributed by atoms with van der Waals surface area (Å²) in [5.74, 6) is -0.351. The van der Waals surface area contributed by atoms with Crippen molar-refractivity contribution in [3.8, 4) is 0 Å². The van der Waals surface area contributed by atoms with Crippen molar-refractivity contribution < 1.29 is 18.7 Å². The third kappa shape index (κ3) is 5.26. The number of likely N-dealkylation sites (tertiary alicyclic amines) is 1. The van der Waals surface area contributed by atoms with Crippen LogP contribution in [0, 0.1) is 11.7 Å². The Bertz CT molecular complexity index is 670. The molecule has 3 rings (SSSR count). The summed E-state index contributed by atoms with van der Waals surface area (Å²) in [6.45, 7) is 5.21. The van der Waals surface area contributed by atoms with Crippen LogP contribution in [0.15, 0.2) is 24.3 Å². The summed E-state index contributed by atoms with van der Waals surface area (Å²) in [5.41, 5.74) is 0.949. The maximum atomic E-state index is 13.4. The van der Waals surface area contributed by atoms with Gasteiger partial charge in [-0.15, -0.1) is 0 Å². The summed E-state index contributed by atoms with van der Waals surface area (Å²) in [6.07, 6.45) is 1.18. The molecule has 2 fully saturated rings. The lowest BCUT2D eigenvalue weighted by molar-refractivity contribution is -0.135. The number of methoxy groups -OCH3 is 1. The molecule has 1 atom stereocenters. The first kappa shape index (κ1) is 19.8. The minimum Gasteiger partial charge on any atom is -0.383 e. The maximum Gasteiger partial charge on any atom is 0.228 e. The van der Waals surface area contributed by atoms with Crippen LogP contribution in [0.2, 0.25) is 0 Å². The summed E-state index contributed by atoms with van der Waals surface area (Å²) in [6, 6.07) is 6.66. The van der Waals surface area contributed by atoms with E-state index in [1.165, 1.54) is 6.07 Å². The van der Waals surface area contributed by atoms with Gasteiger partial charge in [-0.25, -0.2) is 4.39 Å². The smallest absolute Gasteiger partial charge is 0.228 e. The number of carbonyl (C=O) groups excluding carboxylic acids is 2. The number of hydrogen-bond acceptors (Lipinski definition) is 4. The third-order valence-corrected chi connectivity index (χ3v) is 5.32. The van der Waals surface area contributed by atoms with Gasteiger partial charge in [0.25, 0.3) is 0 Å². The fourth-order valence-electron chi connectivity index (χ4n) is 3.86. The molecule has 2 aliphatic heterocycles. The molecule has 0 saturated carbocycles. The van der Waals surface area contributed by atoms with Gasteiger partial charge in [-0.2, -0.15) is 0 Å². The zero-order valence-corrected chi connectivity index (χ0v) is 15.9. The molecular weight excluding hydrogens is 349 g/mol. The van der Waals surface area contributed by atoms with Crippen LogP contribution in [0.4, 0.5) is 4.39 Å². The first-order valence-corrected chi connectivity index (χ1v) is 9.59. The van der Waals surface area contributed by atoms with Crippen LogP contribution in [0.5, 0.6) is 0 Å². The van der Waals surface area contributed by atoms with Crippen molar-refractivity contribution in [2.45, 2.75) is 19.4 Å². The largest absolute Gasteiger partial charge is 0.383 e. The Morgan fingerprint density at radius 1 is 1.26 bits per heavy atom. The average molecular weight is 377 g/mol. The normalized spacial score (nSPS) is 21.6. The van der Waals surface area contributed by atoms with Crippen LogP contribution in [0.1, 0.15) is 18.4 Å². The van der Waals surface area contributed by atoms with Crippen molar-refractivity contribution in [1.29, 1.82) is 0 Å². The Morgan fingerprint density at radius 3 is 2.89 bits per heavy atom. The zero-order valence-electron chi connectivity index (χ0n) is 15.9. The molecule has 1 aromatic carbocycles. The standard InChI is InChI=1S/C20H28FN3O3/c1-27-11-10-24-15-17(13-19(24)25)20(26)23-7-3-6-22(8-9-23)14-16-4-2-5-18(21)12-16/h2,4-5,12,17H,3,6-11,13-15H2,1H3. The van der Waals surface area contributed by atoms with E-state index in [4.69, 9.17) is 4.74 Å². The maximum absolute atomic E-state index is 13.4. The molecule has 1 unspecified atom stereocenters. The second-order valence-electron chi connectivity index (χ2n) is 7.32. The number of halogens is 1. The number of amides is 2. The van der Waals surface area contributed by atoms with E-state index in [1.54, 1.807) is 24.1 Å². The summed E-state index contributed by atoms with van der Waals surface area (Å²) in [5, 5.41) is 0. The number of ether oxygens (including phenoxy) is 1. The Morgan fingerprint density at radius 2 is 2.11 bits per heavy atom. The topological polar surface area (TPSA) is 53.1 Å². The quantitative estimate of drug-likeness (QED) is 0.751. The monoisotopic (exact) mass is 377 g/mol. The molecule has 2 amide bonds. The zero-order chi connectivity index (χ0) is 19.2. The van der Waals surface area contributed by atoms with Crippen molar-refractivity contribution in [3.05, 3.63) is 35.6 Å². The van der Waals surface area contributed by atoms with E-state index in [-0.39, 0.29) is 23.5 Å². The van der Waals surface area contributed by atoms with Crippen LogP contribution in [0.25, 0.3) is 0 Å². The predicted octanol–water partition coefficient (Wildman–Crippen LogP) is 1.35. The van der Waals surface area contributed by atoms with Crippen LogP contribution in [-0.4, -0.2) is 79.5 Å². The number of nitrogens with zero attached hydrogens (tertiary/aromatic N) is 3. The number of rotatable bonds is 6. The molecule has 27 heavy (non-hydrogen) atoms. The average Bonchev–Trinajstić information content (AvgIpc) is 2.86. The van der Waals surface area contributed by atoms with Gasteiger partial charge in [-0.1, -0.05) is 12.1 Å². The molecule has 0 spiro atoms. The van der Waals surface area contributed by atoms with Gasteiger partial charge in [0, 0.05) is 59.3 Å². The van der Waals surface area contributed by atoms with Crippen LogP contribution in [0.3, 0.4) is 0 Å². The lowest BCUT2D eigenvalue weighted by atomic mass is 10.1. The Labute approximate surface area is 159 Å². The second kappa shape index (κ2) is 9.28. The minimum absolute atomic E-state index is 0.0351. The summed E-state index contributed by atoms with van der Waals surface area (Å²) in [7, 11) is 1.61. The molecule has 0 N–H and O–H groups in total. The molecule has 0 aromatic heterocycles. The first-order chi connectivity index (χ1) is 13.1. The van der Waals surface area contributed by atoms with E-state index in [9.17, 15) is 14.0 Å². The number of benzene rings is 1. The molecule has 148 valence electrons. The van der Waals surface area contributed by atoms with Gasteiger partial charge in [0.2, 0.25) is 11.8 Å². The summed E-state index contributed by atoms with van der Waals surface area (Å²) >= 11 is 0. The molecule has 0 bridgehead atoms. The minimum atomic E-state index is -0.246. The molecule has 2 aliphatic rings. The van der Waals surface area contributed by atoms with Crippen molar-refractivity contribution in [2.24, 2.45) is 5.92 Å². The fourth-order valence-corrected chi connectivity index (χ4v) is 3.86. The Hall–Kier alpha value is -1.99. The third-order valence-electron chi connectivity index (χ3n) is 5.32. The molecule has 0 aliphatic carbocycles. The molecule has 6 nitrogen and oxygen atoms in total. The van der Waals surface area contributed by atoms with Gasteiger partial charge in [-0.05, 0) is 24.1 Å². The van der Waals surface area contributed by atoms with E-state index in [1.807, 2.05) is 11.0 Å². The number of carbonyl (C=O) groups is 2. The van der Waals surface area contributed by atoms with Gasteiger partial charge in [0.05, 0.1) is 12.5 Å². The van der Waals surface area contributed by atoms with Crippen LogP contribution >= 0.6 is 0 Å². The Balaban J connectivity index is 1.51. The lowest BCUT2D eigenvalue weighted by Gasteiger charge is -2.24. The lowest BCUT2D eigenvalue weighted by Crippen LogP contribution is -2.40. The molecular formula is C20H28FN3O3. The SMILES string of the molecule is COCCN1CC(C(=O)N2CCCN(Cc3cccc(F)c3)CC2)CC1=O. The highest BCUT2D eigenvalue weighted by Crippen LogP contribution is 2.21. The van der Waals surface area contributed by atoms with Crippen molar-refractivity contribution in [2.75, 3.05) is 53.0 Å². The van der Waals surface area contributed by atoms with Gasteiger partial charge in [0.1, 0.15) is 5.82 Å². The fraction of sp³-hybridized carbons (Fsp3) is 0.600. The van der Waals surface area contributed by atoms with Crippen molar-refractivity contribution in [3.63, 3.8) is 0 Å². The van der Waals surface area contributed by atoms with E-state index in [0.717, 1.165) is 25.1 Å². The van der Waals surface area contributed by atoms with E-state index >= 15 is 0 Å². The molecule has 2 heterocycles. The van der Waals surface area contributed by atoms with Crippen molar-refractivity contribution >= 4 is 11.8 Å². The highest BCUT2D eigenvalue weighted by Gasteiger charge is 2.36. The van der Waals surface area contributed by atoms with Crippen LogP contribution in [-0.2, 0) is 20.9 Å². The van der Waals surface area contributed by atoms with E-state index in [2.05, 4.69) is 4.90 Å². The summed E-state index contributed by atoms with van der Waals surface area (Å²) in [4.78, 5) is 30.8. The second-order valence-corrected chi connectivity index (χ2v) is 7.32. The molecule has 1 aromatic rings. The van der Waals surface area contributed by atoms with Crippen LogP contribution < -0.4 is 0 Å². The highest BCUT2D eigenvalue weighted by molar-refractivity contribution is 5.89.